The van der Waals surface area contributed by atoms with E-state index in [0.717, 1.165) is 0 Å². The fourth-order valence-electron chi connectivity index (χ4n) is 1.25. The molecular formula is C8H11N3O3S. The minimum atomic E-state index is -3.93. The molecule has 0 radical (unpaired) electrons. The smallest absolute Gasteiger partial charge is 0.238 e. The van der Waals surface area contributed by atoms with E-state index in [2.05, 4.69) is 5.43 Å². The van der Waals surface area contributed by atoms with Gasteiger partial charge in [-0.25, -0.2) is 13.6 Å². The van der Waals surface area contributed by atoms with E-state index in [1.54, 1.807) is 0 Å². The first kappa shape index (κ1) is 11.6. The maximum absolute atomic E-state index is 11.3. The third kappa shape index (κ3) is 2.32. The van der Waals surface area contributed by atoms with Gasteiger partial charge in [-0.2, -0.15) is 0 Å². The van der Waals surface area contributed by atoms with Crippen LogP contribution in [0.15, 0.2) is 23.1 Å². The lowest BCUT2D eigenvalue weighted by Gasteiger charge is -2.09. The van der Waals surface area contributed by atoms with E-state index in [4.69, 9.17) is 11.0 Å². The van der Waals surface area contributed by atoms with Crippen LogP contribution in [0.5, 0.6) is 0 Å². The lowest BCUT2D eigenvalue weighted by molar-refractivity contribution is 0.101. The number of anilines is 1. The number of benzene rings is 1. The summed E-state index contributed by atoms with van der Waals surface area (Å²) in [7, 11) is -3.93. The molecule has 0 amide bonds. The van der Waals surface area contributed by atoms with Crippen LogP contribution in [0.3, 0.4) is 0 Å². The SMILES string of the molecule is CC(=O)c1c(NN)cccc1S(N)(=O)=O. The molecule has 0 aromatic heterocycles. The van der Waals surface area contributed by atoms with E-state index in [0.29, 0.717) is 0 Å². The molecule has 0 aliphatic heterocycles. The molecule has 0 fully saturated rings. The highest BCUT2D eigenvalue weighted by Gasteiger charge is 2.19. The van der Waals surface area contributed by atoms with Gasteiger partial charge in [-0.05, 0) is 19.1 Å². The van der Waals surface area contributed by atoms with E-state index in [-0.39, 0.29) is 16.1 Å². The number of carbonyl (C=O) groups is 1. The van der Waals surface area contributed by atoms with Crippen LogP contribution in [-0.4, -0.2) is 14.2 Å². The van der Waals surface area contributed by atoms with E-state index in [1.165, 1.54) is 25.1 Å². The summed E-state index contributed by atoms with van der Waals surface area (Å²) in [5.74, 6) is 4.74. The van der Waals surface area contributed by atoms with Gasteiger partial charge in [0.1, 0.15) is 0 Å². The molecule has 5 N–H and O–H groups in total. The largest absolute Gasteiger partial charge is 0.323 e. The van der Waals surface area contributed by atoms with Gasteiger partial charge in [-0.15, -0.1) is 0 Å². The second kappa shape index (κ2) is 3.97. The first-order valence-corrected chi connectivity index (χ1v) is 5.56. The Labute approximate surface area is 87.3 Å². The monoisotopic (exact) mass is 229 g/mol. The quantitative estimate of drug-likeness (QED) is 0.378. The zero-order chi connectivity index (χ0) is 11.6. The highest BCUT2D eigenvalue weighted by atomic mass is 32.2. The Kier molecular flexibility index (Phi) is 3.08. The van der Waals surface area contributed by atoms with Crippen LogP contribution in [-0.2, 0) is 10.0 Å². The van der Waals surface area contributed by atoms with Crippen molar-refractivity contribution in [3.63, 3.8) is 0 Å². The summed E-state index contributed by atoms with van der Waals surface area (Å²) >= 11 is 0. The highest BCUT2D eigenvalue weighted by Crippen LogP contribution is 2.22. The lowest BCUT2D eigenvalue weighted by atomic mass is 10.1. The Morgan fingerprint density at radius 1 is 1.40 bits per heavy atom. The molecular weight excluding hydrogens is 218 g/mol. The predicted octanol–water partition coefficient (Wildman–Crippen LogP) is -0.178. The lowest BCUT2D eigenvalue weighted by Crippen LogP contribution is -2.19. The van der Waals surface area contributed by atoms with Gasteiger partial charge in [0.2, 0.25) is 10.0 Å². The first-order valence-electron chi connectivity index (χ1n) is 4.01. The normalized spacial score (nSPS) is 11.1. The van der Waals surface area contributed by atoms with Gasteiger partial charge in [0, 0.05) is 0 Å². The third-order valence-corrected chi connectivity index (χ3v) is 2.79. The second-order valence-electron chi connectivity index (χ2n) is 2.92. The zero-order valence-electron chi connectivity index (χ0n) is 8.02. The van der Waals surface area contributed by atoms with Crippen molar-refractivity contribution in [2.45, 2.75) is 11.8 Å². The molecule has 0 spiro atoms. The van der Waals surface area contributed by atoms with Gasteiger partial charge >= 0.3 is 0 Å². The standard InChI is InChI=1S/C8H11N3O3S/c1-5(12)8-6(11-9)3-2-4-7(8)15(10,13)14/h2-4,11H,9H2,1H3,(H2,10,13,14). The fourth-order valence-corrected chi connectivity index (χ4v) is 2.06. The average molecular weight is 229 g/mol. The summed E-state index contributed by atoms with van der Waals surface area (Å²) < 4.78 is 22.4. The molecule has 1 aromatic rings. The van der Waals surface area contributed by atoms with Crippen LogP contribution in [0.4, 0.5) is 5.69 Å². The number of hydrazine groups is 1. The summed E-state index contributed by atoms with van der Waals surface area (Å²) in [6.07, 6.45) is 0. The van der Waals surface area contributed by atoms with Crippen molar-refractivity contribution < 1.29 is 13.2 Å². The molecule has 1 aromatic carbocycles. The van der Waals surface area contributed by atoms with Crippen molar-refractivity contribution in [1.29, 1.82) is 0 Å². The molecule has 1 rings (SSSR count). The summed E-state index contributed by atoms with van der Waals surface area (Å²) in [6, 6.07) is 4.19. The van der Waals surface area contributed by atoms with Crippen molar-refractivity contribution in [2.24, 2.45) is 11.0 Å². The van der Waals surface area contributed by atoms with Crippen LogP contribution >= 0.6 is 0 Å². The van der Waals surface area contributed by atoms with Gasteiger partial charge in [0.15, 0.2) is 5.78 Å². The van der Waals surface area contributed by atoms with Crippen molar-refractivity contribution in [2.75, 3.05) is 5.43 Å². The van der Waals surface area contributed by atoms with Gasteiger partial charge < -0.3 is 5.43 Å². The van der Waals surface area contributed by atoms with Crippen molar-refractivity contribution in [3.8, 4) is 0 Å². The topological polar surface area (TPSA) is 115 Å². The Morgan fingerprint density at radius 3 is 2.40 bits per heavy atom. The van der Waals surface area contributed by atoms with Crippen molar-refractivity contribution in [1.82, 2.24) is 0 Å². The summed E-state index contributed by atoms with van der Waals surface area (Å²) in [5.41, 5.74) is 2.45. The number of hydrogen-bond donors (Lipinski definition) is 3. The Balaban J connectivity index is 3.60. The van der Waals surface area contributed by atoms with Gasteiger partial charge in [-0.3, -0.25) is 10.6 Å². The third-order valence-electron chi connectivity index (χ3n) is 1.84. The number of primary sulfonamides is 1. The molecule has 15 heavy (non-hydrogen) atoms. The van der Waals surface area contributed by atoms with E-state index < -0.39 is 15.8 Å². The number of Topliss-reactive ketones (excluding diaryl/α,β-unsaturated/α-hetero) is 1. The summed E-state index contributed by atoms with van der Waals surface area (Å²) in [4.78, 5) is 11.0. The molecule has 7 heteroatoms. The molecule has 82 valence electrons. The first-order chi connectivity index (χ1) is 6.88. The van der Waals surface area contributed by atoms with E-state index in [9.17, 15) is 13.2 Å². The van der Waals surface area contributed by atoms with Crippen LogP contribution in [0.1, 0.15) is 17.3 Å². The maximum atomic E-state index is 11.3. The minimum absolute atomic E-state index is 0.0255. The summed E-state index contributed by atoms with van der Waals surface area (Å²) in [6.45, 7) is 1.24. The maximum Gasteiger partial charge on any atom is 0.238 e. The molecule has 0 saturated carbocycles. The molecule has 0 heterocycles. The number of hydrogen-bond acceptors (Lipinski definition) is 5. The van der Waals surface area contributed by atoms with Crippen LogP contribution in [0.2, 0.25) is 0 Å². The van der Waals surface area contributed by atoms with Crippen LogP contribution in [0.25, 0.3) is 0 Å². The molecule has 0 unspecified atom stereocenters. The second-order valence-corrected chi connectivity index (χ2v) is 4.45. The van der Waals surface area contributed by atoms with E-state index >= 15 is 0 Å². The molecule has 0 atom stereocenters. The number of rotatable bonds is 3. The van der Waals surface area contributed by atoms with Gasteiger partial charge in [0.05, 0.1) is 16.1 Å². The Bertz CT molecular complexity index is 496. The Hall–Kier alpha value is -1.44. The number of carbonyl (C=O) groups excluding carboxylic acids is 1. The predicted molar refractivity (Wildman–Crippen MR) is 55.6 cm³/mol. The molecule has 0 saturated heterocycles. The zero-order valence-corrected chi connectivity index (χ0v) is 8.84. The van der Waals surface area contributed by atoms with E-state index in [1.807, 2.05) is 0 Å². The average Bonchev–Trinajstić information content (AvgIpc) is 2.15. The molecule has 0 aliphatic rings. The molecule has 0 aliphatic carbocycles. The van der Waals surface area contributed by atoms with Gasteiger partial charge in [0.25, 0.3) is 0 Å². The number of nitrogens with one attached hydrogen (secondary N) is 1. The summed E-state index contributed by atoms with van der Waals surface area (Å²) in [5, 5.41) is 4.97. The minimum Gasteiger partial charge on any atom is -0.323 e. The van der Waals surface area contributed by atoms with Gasteiger partial charge in [-0.1, -0.05) is 6.07 Å². The highest BCUT2D eigenvalue weighted by molar-refractivity contribution is 7.89. The Morgan fingerprint density at radius 2 is 2.00 bits per heavy atom. The number of sulfonamides is 1. The van der Waals surface area contributed by atoms with Crippen molar-refractivity contribution in [3.05, 3.63) is 23.8 Å². The van der Waals surface area contributed by atoms with Crippen molar-refractivity contribution >= 4 is 21.5 Å². The van der Waals surface area contributed by atoms with Crippen LogP contribution < -0.4 is 16.4 Å². The molecule has 6 nitrogen and oxygen atoms in total. The molecule has 0 bridgehead atoms. The number of nitrogens with two attached hydrogens (primary N) is 2. The number of ketones is 1. The number of nitrogen functional groups attached to an aromatic ring is 1. The fraction of sp³-hybridized carbons (Fsp3) is 0.125. The van der Waals surface area contributed by atoms with Crippen LogP contribution in [0, 0.1) is 0 Å².